The molecule has 0 saturated carbocycles. The summed E-state index contributed by atoms with van der Waals surface area (Å²) >= 11 is 3.15. The van der Waals surface area contributed by atoms with E-state index < -0.39 is 0 Å². The van der Waals surface area contributed by atoms with Gasteiger partial charge >= 0.3 is 0 Å². The van der Waals surface area contributed by atoms with Crippen LogP contribution in [0.3, 0.4) is 0 Å². The van der Waals surface area contributed by atoms with Gasteiger partial charge in [-0.3, -0.25) is 9.59 Å². The molecule has 1 aliphatic heterocycles. The zero-order chi connectivity index (χ0) is 27.8. The Hall–Kier alpha value is -3.05. The molecule has 9 nitrogen and oxygen atoms in total. The van der Waals surface area contributed by atoms with Crippen LogP contribution in [0.1, 0.15) is 62.8 Å². The van der Waals surface area contributed by atoms with Crippen molar-refractivity contribution in [1.82, 2.24) is 25.4 Å². The number of benzene rings is 1. The highest BCUT2D eigenvalue weighted by molar-refractivity contribution is 9.10. The van der Waals surface area contributed by atoms with Crippen molar-refractivity contribution in [2.45, 2.75) is 78.0 Å². The van der Waals surface area contributed by atoms with Crippen molar-refractivity contribution in [2.24, 2.45) is 0 Å². The molecular weight excluding hydrogens is 567 g/mol. The molecule has 1 aromatic carbocycles. The van der Waals surface area contributed by atoms with Gasteiger partial charge in [-0.15, -0.1) is 0 Å². The summed E-state index contributed by atoms with van der Waals surface area (Å²) in [6.45, 7) is 6.93. The number of carbonyl (C=O) groups excluding carboxylic acids is 2. The number of ether oxygens (including phenoxy) is 1. The molecule has 1 fully saturated rings. The third-order valence-electron chi connectivity index (χ3n) is 6.92. The lowest BCUT2D eigenvalue weighted by Crippen LogP contribution is -2.30. The third-order valence-corrected chi connectivity index (χ3v) is 7.53. The fourth-order valence-electron chi connectivity index (χ4n) is 4.72. The maximum absolute atomic E-state index is 13.4. The van der Waals surface area contributed by atoms with Gasteiger partial charge in [-0.05, 0) is 66.2 Å². The van der Waals surface area contributed by atoms with Crippen LogP contribution in [-0.2, 0) is 40.4 Å². The normalized spacial score (nSPS) is 13.9. The number of aromatic nitrogens is 3. The van der Waals surface area contributed by atoms with E-state index in [4.69, 9.17) is 9.72 Å². The topological polar surface area (TPSA) is 110 Å². The van der Waals surface area contributed by atoms with Crippen LogP contribution < -0.4 is 16.0 Å². The summed E-state index contributed by atoms with van der Waals surface area (Å²) in [6.07, 6.45) is 5.31. The fraction of sp³-hybridized carbons (Fsp3) is 0.500. The van der Waals surface area contributed by atoms with Gasteiger partial charge in [0, 0.05) is 63.0 Å². The molecule has 39 heavy (non-hydrogen) atoms. The van der Waals surface area contributed by atoms with E-state index in [0.717, 1.165) is 72.6 Å². The molecule has 0 spiro atoms. The maximum atomic E-state index is 13.4. The van der Waals surface area contributed by atoms with E-state index in [0.29, 0.717) is 24.0 Å². The van der Waals surface area contributed by atoms with Gasteiger partial charge in [-0.2, -0.15) is 5.10 Å². The van der Waals surface area contributed by atoms with Crippen LogP contribution in [0.25, 0.3) is 11.0 Å². The zero-order valence-electron chi connectivity index (χ0n) is 22.5. The first-order valence-corrected chi connectivity index (χ1v) is 14.4. The molecular formula is C28H36BrFN6O3. The van der Waals surface area contributed by atoms with E-state index in [9.17, 15) is 14.0 Å². The van der Waals surface area contributed by atoms with Gasteiger partial charge in [0.2, 0.25) is 11.8 Å². The Balaban J connectivity index is 1.35. The molecule has 3 aromatic rings. The number of amides is 2. The number of nitrogens with zero attached hydrogens (tertiary/aromatic N) is 3. The first-order valence-electron chi connectivity index (χ1n) is 13.6. The Morgan fingerprint density at radius 3 is 2.51 bits per heavy atom. The van der Waals surface area contributed by atoms with E-state index in [1.807, 2.05) is 17.8 Å². The molecule has 1 aliphatic rings. The number of hydrogen-bond acceptors (Lipinski definition) is 6. The van der Waals surface area contributed by atoms with Crippen molar-refractivity contribution in [2.75, 3.05) is 18.5 Å². The van der Waals surface area contributed by atoms with Crippen molar-refractivity contribution in [3.63, 3.8) is 0 Å². The molecule has 3 heterocycles. The van der Waals surface area contributed by atoms with Crippen molar-refractivity contribution < 1.29 is 18.7 Å². The number of halogens is 2. The summed E-state index contributed by atoms with van der Waals surface area (Å²) in [5.41, 5.74) is 4.53. The number of pyridine rings is 1. The quantitative estimate of drug-likeness (QED) is 0.279. The van der Waals surface area contributed by atoms with Crippen LogP contribution in [-0.4, -0.2) is 45.8 Å². The van der Waals surface area contributed by atoms with Crippen molar-refractivity contribution in [3.8, 4) is 0 Å². The Morgan fingerprint density at radius 2 is 1.85 bits per heavy atom. The van der Waals surface area contributed by atoms with Crippen LogP contribution in [0.2, 0.25) is 0 Å². The number of anilines is 1. The molecule has 3 N–H and O–H groups in total. The van der Waals surface area contributed by atoms with Gasteiger partial charge in [-0.25, -0.2) is 14.1 Å². The van der Waals surface area contributed by atoms with Crippen LogP contribution >= 0.6 is 15.9 Å². The number of carbonyl (C=O) groups is 2. The molecule has 210 valence electrons. The summed E-state index contributed by atoms with van der Waals surface area (Å²) in [7, 11) is 0. The number of fused-ring (bicyclic) bond motifs is 1. The lowest BCUT2D eigenvalue weighted by atomic mass is 10.0. The van der Waals surface area contributed by atoms with E-state index in [-0.39, 0.29) is 36.5 Å². The van der Waals surface area contributed by atoms with Crippen LogP contribution in [0.15, 0.2) is 28.9 Å². The second kappa shape index (κ2) is 13.8. The van der Waals surface area contributed by atoms with Gasteiger partial charge < -0.3 is 20.7 Å². The predicted molar refractivity (Wildman–Crippen MR) is 152 cm³/mol. The van der Waals surface area contributed by atoms with Gasteiger partial charge in [0.05, 0.1) is 21.7 Å². The minimum Gasteiger partial charge on any atom is -0.381 e. The van der Waals surface area contributed by atoms with E-state index in [1.165, 1.54) is 6.07 Å². The SMILES string of the molecule is CCc1nc2c(cnn2CC)c(NC2CCOCC2)c1CNC(=O)CCCC(=O)NCc1ccc(F)c(Br)c1. The van der Waals surface area contributed by atoms with Crippen LogP contribution in [0, 0.1) is 5.82 Å². The van der Waals surface area contributed by atoms with Gasteiger partial charge in [0.15, 0.2) is 5.65 Å². The molecule has 0 radical (unpaired) electrons. The molecule has 4 rings (SSSR count). The van der Waals surface area contributed by atoms with Crippen molar-refractivity contribution in [3.05, 3.63) is 51.5 Å². The Morgan fingerprint density at radius 1 is 1.13 bits per heavy atom. The van der Waals surface area contributed by atoms with Crippen molar-refractivity contribution >= 4 is 44.5 Å². The smallest absolute Gasteiger partial charge is 0.220 e. The van der Waals surface area contributed by atoms with E-state index in [2.05, 4.69) is 43.9 Å². The highest BCUT2D eigenvalue weighted by atomic mass is 79.9. The number of rotatable bonds is 12. The summed E-state index contributed by atoms with van der Waals surface area (Å²) in [5.74, 6) is -0.615. The van der Waals surface area contributed by atoms with Crippen molar-refractivity contribution in [1.29, 1.82) is 0 Å². The minimum absolute atomic E-state index is 0.117. The zero-order valence-corrected chi connectivity index (χ0v) is 24.1. The largest absolute Gasteiger partial charge is 0.381 e. The Kier molecular flexibility index (Phi) is 10.3. The van der Waals surface area contributed by atoms with Crippen LogP contribution in [0.5, 0.6) is 0 Å². The Labute approximate surface area is 236 Å². The number of nitrogens with one attached hydrogen (secondary N) is 3. The molecule has 0 bridgehead atoms. The average Bonchev–Trinajstić information content (AvgIpc) is 3.36. The summed E-state index contributed by atoms with van der Waals surface area (Å²) in [5, 5.41) is 15.0. The lowest BCUT2D eigenvalue weighted by Gasteiger charge is -2.26. The standard InChI is InChI=1S/C28H36BrFN6O3/c1-3-24-20(27(34-19-10-12-39-13-11-19)21-17-33-36(4-2)28(21)35-24)16-32-26(38)7-5-6-25(37)31-15-18-8-9-23(30)22(29)14-18/h8-9,14,17,19H,3-7,10-13,15-16H2,1-2H3,(H,31,37)(H,32,38)(H,34,35). The summed E-state index contributed by atoms with van der Waals surface area (Å²) in [6, 6.07) is 4.90. The molecule has 0 atom stereocenters. The first-order chi connectivity index (χ1) is 18.9. The molecule has 1 saturated heterocycles. The highest BCUT2D eigenvalue weighted by Crippen LogP contribution is 2.31. The molecule has 11 heteroatoms. The van der Waals surface area contributed by atoms with Gasteiger partial charge in [0.25, 0.3) is 0 Å². The number of aryl methyl sites for hydroxylation is 2. The number of hydrogen-bond donors (Lipinski definition) is 3. The summed E-state index contributed by atoms with van der Waals surface area (Å²) in [4.78, 5) is 29.8. The Bertz CT molecular complexity index is 1310. The first kappa shape index (κ1) is 28.9. The minimum atomic E-state index is -0.347. The summed E-state index contributed by atoms with van der Waals surface area (Å²) < 4.78 is 21.2. The molecule has 0 aliphatic carbocycles. The highest BCUT2D eigenvalue weighted by Gasteiger charge is 2.22. The van der Waals surface area contributed by atoms with E-state index in [1.54, 1.807) is 12.1 Å². The average molecular weight is 604 g/mol. The van der Waals surface area contributed by atoms with Crippen LogP contribution in [0.4, 0.5) is 10.1 Å². The third kappa shape index (κ3) is 7.54. The van der Waals surface area contributed by atoms with Gasteiger partial charge in [-0.1, -0.05) is 13.0 Å². The fourth-order valence-corrected chi connectivity index (χ4v) is 5.15. The maximum Gasteiger partial charge on any atom is 0.220 e. The predicted octanol–water partition coefficient (Wildman–Crippen LogP) is 4.61. The molecule has 2 aromatic heterocycles. The van der Waals surface area contributed by atoms with E-state index >= 15 is 0 Å². The lowest BCUT2D eigenvalue weighted by molar-refractivity contribution is -0.122. The van der Waals surface area contributed by atoms with Gasteiger partial charge in [0.1, 0.15) is 5.82 Å². The second-order valence-corrected chi connectivity index (χ2v) is 10.5. The monoisotopic (exact) mass is 602 g/mol. The molecule has 2 amide bonds. The molecule has 0 unspecified atom stereocenters. The second-order valence-electron chi connectivity index (χ2n) is 9.65.